The van der Waals surface area contributed by atoms with Gasteiger partial charge in [0.15, 0.2) is 0 Å². The SMILES string of the molecule is COC(C(=O)[O-])c1cccc(N2CC(F)C2)c1.[Li+]. The predicted octanol–water partition coefficient (Wildman–Crippen LogP) is -2.71. The van der Waals surface area contributed by atoms with Crippen molar-refractivity contribution >= 4 is 11.7 Å². The number of carboxylic acids is 1. The normalized spacial score (nSPS) is 16.7. The molecule has 0 spiro atoms. The summed E-state index contributed by atoms with van der Waals surface area (Å²) in [6, 6.07) is 6.89. The second-order valence-corrected chi connectivity index (χ2v) is 4.03. The van der Waals surface area contributed by atoms with E-state index in [4.69, 9.17) is 4.74 Å². The van der Waals surface area contributed by atoms with Crippen molar-refractivity contribution in [2.45, 2.75) is 12.3 Å². The molecular weight excluding hydrogens is 232 g/mol. The Labute approximate surface area is 117 Å². The monoisotopic (exact) mass is 245 g/mol. The molecule has 92 valence electrons. The van der Waals surface area contributed by atoms with Crippen LogP contribution in [0.2, 0.25) is 0 Å². The topological polar surface area (TPSA) is 52.6 Å². The maximum Gasteiger partial charge on any atom is 1.00 e. The van der Waals surface area contributed by atoms with Gasteiger partial charge < -0.3 is 19.5 Å². The van der Waals surface area contributed by atoms with E-state index in [9.17, 15) is 14.3 Å². The summed E-state index contributed by atoms with van der Waals surface area (Å²) in [7, 11) is 1.31. The molecule has 1 atom stereocenters. The number of ether oxygens (including phenoxy) is 1. The van der Waals surface area contributed by atoms with Gasteiger partial charge >= 0.3 is 18.9 Å². The standard InChI is InChI=1S/C12H14FNO3.Li/c1-17-11(12(15)16)8-3-2-4-10(5-8)14-6-9(13)7-14;/h2-5,9,11H,6-7H2,1H3,(H,15,16);/q;+1/p-1. The van der Waals surface area contributed by atoms with Crippen molar-refractivity contribution in [2.75, 3.05) is 25.1 Å². The molecule has 1 aromatic rings. The quantitative estimate of drug-likeness (QED) is 0.541. The zero-order valence-corrected chi connectivity index (χ0v) is 10.4. The van der Waals surface area contributed by atoms with Crippen molar-refractivity contribution in [3.63, 3.8) is 0 Å². The molecule has 1 saturated heterocycles. The molecule has 4 nitrogen and oxygen atoms in total. The minimum atomic E-state index is -1.28. The van der Waals surface area contributed by atoms with Crippen LogP contribution in [0.5, 0.6) is 0 Å². The summed E-state index contributed by atoms with van der Waals surface area (Å²) >= 11 is 0. The number of rotatable bonds is 4. The molecule has 1 aromatic carbocycles. The van der Waals surface area contributed by atoms with Crippen LogP contribution in [0.15, 0.2) is 24.3 Å². The second kappa shape index (κ2) is 6.23. The van der Waals surface area contributed by atoms with Gasteiger partial charge in [-0.1, -0.05) is 12.1 Å². The van der Waals surface area contributed by atoms with E-state index >= 15 is 0 Å². The van der Waals surface area contributed by atoms with E-state index in [0.717, 1.165) is 5.69 Å². The largest absolute Gasteiger partial charge is 1.00 e. The molecule has 18 heavy (non-hydrogen) atoms. The average Bonchev–Trinajstić information content (AvgIpc) is 2.26. The number of carbonyl (C=O) groups excluding carboxylic acids is 1. The third-order valence-electron chi connectivity index (χ3n) is 2.82. The van der Waals surface area contributed by atoms with Crippen molar-refractivity contribution in [2.24, 2.45) is 0 Å². The number of benzene rings is 1. The minimum absolute atomic E-state index is 0. The van der Waals surface area contributed by atoms with Crippen molar-refractivity contribution in [3.8, 4) is 0 Å². The van der Waals surface area contributed by atoms with Crippen molar-refractivity contribution in [3.05, 3.63) is 29.8 Å². The first-order valence-corrected chi connectivity index (χ1v) is 5.34. The molecule has 1 aliphatic heterocycles. The van der Waals surface area contributed by atoms with Crippen molar-refractivity contribution < 1.29 is 37.9 Å². The summed E-state index contributed by atoms with van der Waals surface area (Å²) in [6.07, 6.45) is -1.88. The van der Waals surface area contributed by atoms with Crippen LogP contribution in [0.25, 0.3) is 0 Å². The number of carbonyl (C=O) groups is 1. The molecule has 1 heterocycles. The molecule has 1 fully saturated rings. The predicted molar refractivity (Wildman–Crippen MR) is 58.3 cm³/mol. The van der Waals surface area contributed by atoms with Gasteiger partial charge in [-0.25, -0.2) is 4.39 Å². The summed E-state index contributed by atoms with van der Waals surface area (Å²) < 4.78 is 17.6. The zero-order valence-electron chi connectivity index (χ0n) is 10.4. The second-order valence-electron chi connectivity index (χ2n) is 4.03. The van der Waals surface area contributed by atoms with Crippen LogP contribution in [-0.4, -0.2) is 32.3 Å². The Hall–Kier alpha value is -1.02. The fourth-order valence-corrected chi connectivity index (χ4v) is 1.89. The number of methoxy groups -OCH3 is 1. The molecule has 0 radical (unpaired) electrons. The van der Waals surface area contributed by atoms with Gasteiger partial charge in [-0.3, -0.25) is 0 Å². The number of nitrogens with zero attached hydrogens (tertiary/aromatic N) is 1. The van der Waals surface area contributed by atoms with Crippen LogP contribution in [0.1, 0.15) is 11.7 Å². The number of carboxylic acid groups (broad SMARTS) is 1. The summed E-state index contributed by atoms with van der Waals surface area (Å²) in [5.74, 6) is -1.28. The molecule has 0 N–H and O–H groups in total. The molecule has 0 bridgehead atoms. The molecule has 0 aromatic heterocycles. The van der Waals surface area contributed by atoms with Gasteiger partial charge in [-0.15, -0.1) is 0 Å². The Bertz CT molecular complexity index is 424. The third kappa shape index (κ3) is 3.05. The van der Waals surface area contributed by atoms with E-state index < -0.39 is 18.2 Å². The van der Waals surface area contributed by atoms with Crippen LogP contribution < -0.4 is 28.9 Å². The number of hydrogen-bond donors (Lipinski definition) is 0. The third-order valence-corrected chi connectivity index (χ3v) is 2.82. The van der Waals surface area contributed by atoms with E-state index in [1.165, 1.54) is 7.11 Å². The molecular formula is C12H13FLiNO3. The van der Waals surface area contributed by atoms with Gasteiger partial charge in [0.05, 0.1) is 19.1 Å². The molecule has 2 rings (SSSR count). The first-order chi connectivity index (χ1) is 8.11. The van der Waals surface area contributed by atoms with Crippen molar-refractivity contribution in [1.29, 1.82) is 0 Å². The first kappa shape index (κ1) is 15.0. The van der Waals surface area contributed by atoms with Gasteiger partial charge in [0.2, 0.25) is 0 Å². The smallest absolute Gasteiger partial charge is 0.547 e. The summed E-state index contributed by atoms with van der Waals surface area (Å²) in [4.78, 5) is 12.7. The van der Waals surface area contributed by atoms with Crippen molar-refractivity contribution in [1.82, 2.24) is 0 Å². The van der Waals surface area contributed by atoms with Gasteiger partial charge in [-0.2, -0.15) is 0 Å². The zero-order chi connectivity index (χ0) is 12.4. The van der Waals surface area contributed by atoms with E-state index in [2.05, 4.69) is 0 Å². The Morgan fingerprint density at radius 1 is 1.56 bits per heavy atom. The fraction of sp³-hybridized carbons (Fsp3) is 0.417. The first-order valence-electron chi connectivity index (χ1n) is 5.34. The Kier molecular flexibility index (Phi) is 5.21. The van der Waals surface area contributed by atoms with Gasteiger partial charge in [0, 0.05) is 12.8 Å². The maximum absolute atomic E-state index is 12.7. The number of halogens is 1. The average molecular weight is 245 g/mol. The van der Waals surface area contributed by atoms with Crippen LogP contribution in [0.4, 0.5) is 10.1 Å². The summed E-state index contributed by atoms with van der Waals surface area (Å²) in [5.41, 5.74) is 1.31. The maximum atomic E-state index is 12.7. The van der Waals surface area contributed by atoms with E-state index in [1.807, 2.05) is 11.0 Å². The van der Waals surface area contributed by atoms with E-state index in [-0.39, 0.29) is 18.9 Å². The van der Waals surface area contributed by atoms with Crippen LogP contribution in [-0.2, 0) is 9.53 Å². The number of hydrogen-bond acceptors (Lipinski definition) is 4. The minimum Gasteiger partial charge on any atom is -0.547 e. The van der Waals surface area contributed by atoms with Gasteiger partial charge in [0.1, 0.15) is 12.3 Å². The molecule has 1 aliphatic rings. The van der Waals surface area contributed by atoms with Gasteiger partial charge in [-0.05, 0) is 17.7 Å². The van der Waals surface area contributed by atoms with E-state index in [0.29, 0.717) is 18.7 Å². The molecule has 0 aliphatic carbocycles. The number of anilines is 1. The number of alkyl halides is 1. The Morgan fingerprint density at radius 2 is 2.22 bits per heavy atom. The van der Waals surface area contributed by atoms with Crippen LogP contribution in [0, 0.1) is 0 Å². The number of aliphatic carboxylic acids is 1. The Morgan fingerprint density at radius 3 is 2.72 bits per heavy atom. The summed E-state index contributed by atoms with van der Waals surface area (Å²) in [6.45, 7) is 0.707. The molecule has 0 amide bonds. The Balaban J connectivity index is 0.00000162. The summed E-state index contributed by atoms with van der Waals surface area (Å²) in [5, 5.41) is 10.8. The van der Waals surface area contributed by atoms with E-state index in [1.54, 1.807) is 18.2 Å². The van der Waals surface area contributed by atoms with Crippen LogP contribution >= 0.6 is 0 Å². The molecule has 0 saturated carbocycles. The molecule has 1 unspecified atom stereocenters. The fourth-order valence-electron chi connectivity index (χ4n) is 1.89. The molecule has 6 heteroatoms. The van der Waals surface area contributed by atoms with Gasteiger partial charge in [0.25, 0.3) is 0 Å². The van der Waals surface area contributed by atoms with Crippen LogP contribution in [0.3, 0.4) is 0 Å².